The maximum absolute atomic E-state index is 12.2. The fraction of sp³-hybridized carbons (Fsp3) is 0.535. The third-order valence-corrected chi connectivity index (χ3v) is 8.83. The molecule has 0 unspecified atom stereocenters. The summed E-state index contributed by atoms with van der Waals surface area (Å²) in [7, 11) is 0. The zero-order chi connectivity index (χ0) is 37.7. The number of phenols is 2. The van der Waals surface area contributed by atoms with Gasteiger partial charge in [-0.3, -0.25) is 4.79 Å². The molecule has 49 heavy (non-hydrogen) atoms. The van der Waals surface area contributed by atoms with E-state index >= 15 is 0 Å². The minimum atomic E-state index is -0.129. The molecule has 0 aromatic heterocycles. The molecule has 3 aromatic carbocycles. The molecule has 0 heterocycles. The molecule has 0 atom stereocenters. The Kier molecular flexibility index (Phi) is 16.6. The Hall–Kier alpha value is -3.80. The summed E-state index contributed by atoms with van der Waals surface area (Å²) in [6.45, 7) is 27.2. The van der Waals surface area contributed by atoms with E-state index in [0.717, 1.165) is 65.5 Å². The highest BCUT2D eigenvalue weighted by Crippen LogP contribution is 2.41. The molecule has 3 aromatic rings. The number of nitrogens with one attached hydrogen (secondary N) is 1. The fourth-order valence-electron chi connectivity index (χ4n) is 5.46. The SMILES string of the molecule is CC.CC(C)c1cc(CCCC(=O)Nc2ccc(N)cc2)cc(C(C)(C)C)c1O.CCC(C)(C)c1cc(CCC=O)cc(C(C)(C)C)c1O. The first kappa shape index (κ1) is 43.2. The van der Waals surface area contributed by atoms with Crippen molar-refractivity contribution in [2.24, 2.45) is 0 Å². The molecule has 0 spiro atoms. The number of aromatic hydroxyl groups is 2. The van der Waals surface area contributed by atoms with Crippen LogP contribution in [0.4, 0.5) is 11.4 Å². The van der Waals surface area contributed by atoms with Crippen molar-refractivity contribution in [1.82, 2.24) is 0 Å². The van der Waals surface area contributed by atoms with E-state index in [2.05, 4.69) is 99.7 Å². The number of hydrogen-bond acceptors (Lipinski definition) is 5. The van der Waals surface area contributed by atoms with Gasteiger partial charge in [0.05, 0.1) is 0 Å². The van der Waals surface area contributed by atoms with Gasteiger partial charge in [0, 0.05) is 29.8 Å². The molecule has 0 saturated heterocycles. The summed E-state index contributed by atoms with van der Waals surface area (Å²) in [5, 5.41) is 24.2. The van der Waals surface area contributed by atoms with Gasteiger partial charge in [0.2, 0.25) is 5.91 Å². The van der Waals surface area contributed by atoms with E-state index in [1.165, 1.54) is 5.56 Å². The maximum Gasteiger partial charge on any atom is 0.224 e. The standard InChI is InChI=1S/C23H32N2O2.C18H28O2.C2H6/c1-15(2)19-13-16(14-20(22(19)27)23(3,4)5)7-6-8-21(26)25-18-11-9-17(24)10-12-18;1-7-18(5,6)15-12-13(9-8-10-19)11-14(16(15)20)17(2,3)4;1-2/h9-15,27H,6-8,24H2,1-5H3,(H,25,26);10-12,20H,7-9H2,1-6H3;1-2H3. The molecule has 0 fully saturated rings. The van der Waals surface area contributed by atoms with E-state index < -0.39 is 0 Å². The largest absolute Gasteiger partial charge is 0.507 e. The second kappa shape index (κ2) is 18.8. The van der Waals surface area contributed by atoms with Crippen LogP contribution in [0.3, 0.4) is 0 Å². The Morgan fingerprint density at radius 2 is 1.29 bits per heavy atom. The van der Waals surface area contributed by atoms with Gasteiger partial charge in [0.25, 0.3) is 0 Å². The monoisotopic (exact) mass is 675 g/mol. The predicted molar refractivity (Wildman–Crippen MR) is 209 cm³/mol. The lowest BCUT2D eigenvalue weighted by Gasteiger charge is -2.30. The molecule has 0 bridgehead atoms. The number of benzene rings is 3. The number of carbonyl (C=O) groups is 2. The summed E-state index contributed by atoms with van der Waals surface area (Å²) in [5.74, 6) is 1.07. The Labute approximate surface area is 297 Å². The first-order valence-corrected chi connectivity index (χ1v) is 18.0. The van der Waals surface area contributed by atoms with Crippen LogP contribution in [0.15, 0.2) is 48.5 Å². The number of amides is 1. The topological polar surface area (TPSA) is 113 Å². The highest BCUT2D eigenvalue weighted by atomic mass is 16.3. The number of nitrogens with two attached hydrogens (primary N) is 1. The lowest BCUT2D eigenvalue weighted by atomic mass is 9.76. The van der Waals surface area contributed by atoms with Crippen LogP contribution in [-0.2, 0) is 38.7 Å². The summed E-state index contributed by atoms with van der Waals surface area (Å²) in [6.07, 6.45) is 5.19. The fourth-order valence-corrected chi connectivity index (χ4v) is 5.46. The summed E-state index contributed by atoms with van der Waals surface area (Å²) in [5.41, 5.74) is 13.0. The molecule has 6 heteroatoms. The maximum atomic E-state index is 12.2. The number of anilines is 2. The number of carbonyl (C=O) groups excluding carboxylic acids is 2. The second-order valence-electron chi connectivity index (χ2n) is 15.7. The van der Waals surface area contributed by atoms with Crippen molar-refractivity contribution in [3.8, 4) is 11.5 Å². The molecule has 1 amide bonds. The molecule has 6 nitrogen and oxygen atoms in total. The zero-order valence-electron chi connectivity index (χ0n) is 32.8. The van der Waals surface area contributed by atoms with E-state index in [4.69, 9.17) is 5.73 Å². The van der Waals surface area contributed by atoms with Crippen molar-refractivity contribution in [3.63, 3.8) is 0 Å². The van der Waals surface area contributed by atoms with Crippen molar-refractivity contribution in [1.29, 1.82) is 0 Å². The minimum absolute atomic E-state index is 0.00122. The molecule has 3 rings (SSSR count). The molecular weight excluding hydrogens is 608 g/mol. The smallest absolute Gasteiger partial charge is 0.224 e. The van der Waals surface area contributed by atoms with E-state index in [9.17, 15) is 19.8 Å². The quantitative estimate of drug-likeness (QED) is 0.119. The average molecular weight is 675 g/mol. The van der Waals surface area contributed by atoms with Gasteiger partial charge in [0.1, 0.15) is 17.8 Å². The van der Waals surface area contributed by atoms with Gasteiger partial charge in [-0.2, -0.15) is 0 Å². The molecular formula is C43H66N2O4. The third kappa shape index (κ3) is 13.2. The molecule has 0 aliphatic heterocycles. The van der Waals surface area contributed by atoms with Crippen molar-refractivity contribution in [2.45, 2.75) is 151 Å². The van der Waals surface area contributed by atoms with Crippen LogP contribution in [-0.4, -0.2) is 22.4 Å². The molecule has 0 radical (unpaired) electrons. The minimum Gasteiger partial charge on any atom is -0.507 e. The van der Waals surface area contributed by atoms with Gasteiger partial charge >= 0.3 is 0 Å². The number of nitrogen functional groups attached to an aromatic ring is 1. The Bertz CT molecular complexity index is 1490. The predicted octanol–water partition coefficient (Wildman–Crippen LogP) is 10.9. The highest BCUT2D eigenvalue weighted by Gasteiger charge is 2.28. The summed E-state index contributed by atoms with van der Waals surface area (Å²) in [6, 6.07) is 15.4. The summed E-state index contributed by atoms with van der Waals surface area (Å²) < 4.78 is 0. The van der Waals surface area contributed by atoms with Gasteiger partial charge in [0.15, 0.2) is 0 Å². The Balaban J connectivity index is 0.000000486. The van der Waals surface area contributed by atoms with E-state index in [-0.39, 0.29) is 28.1 Å². The van der Waals surface area contributed by atoms with Gasteiger partial charge < -0.3 is 26.1 Å². The lowest BCUT2D eigenvalue weighted by Crippen LogP contribution is -2.20. The molecule has 0 aliphatic carbocycles. The average Bonchev–Trinajstić information content (AvgIpc) is 3.02. The first-order valence-electron chi connectivity index (χ1n) is 18.0. The number of hydrogen-bond donors (Lipinski definition) is 4. The van der Waals surface area contributed by atoms with Crippen LogP contribution >= 0.6 is 0 Å². The van der Waals surface area contributed by atoms with Crippen LogP contribution in [0, 0.1) is 0 Å². The summed E-state index contributed by atoms with van der Waals surface area (Å²) >= 11 is 0. The van der Waals surface area contributed by atoms with E-state index in [1.807, 2.05) is 19.9 Å². The lowest BCUT2D eigenvalue weighted by molar-refractivity contribution is -0.116. The van der Waals surface area contributed by atoms with Crippen molar-refractivity contribution < 1.29 is 19.8 Å². The number of aldehydes is 1. The van der Waals surface area contributed by atoms with Gasteiger partial charge in [-0.1, -0.05) is 114 Å². The van der Waals surface area contributed by atoms with Crippen molar-refractivity contribution >= 4 is 23.6 Å². The van der Waals surface area contributed by atoms with Crippen LogP contribution in [0.1, 0.15) is 155 Å². The normalized spacial score (nSPS) is 11.6. The number of aryl methyl sites for hydroxylation is 2. The van der Waals surface area contributed by atoms with Crippen LogP contribution < -0.4 is 11.1 Å². The number of phenolic OH excluding ortho intramolecular Hbond substituents is 2. The second-order valence-corrected chi connectivity index (χ2v) is 15.7. The van der Waals surface area contributed by atoms with Crippen LogP contribution in [0.5, 0.6) is 11.5 Å². The van der Waals surface area contributed by atoms with Crippen LogP contribution in [0.25, 0.3) is 0 Å². The first-order chi connectivity index (χ1) is 22.7. The van der Waals surface area contributed by atoms with Crippen LogP contribution in [0.2, 0.25) is 0 Å². The zero-order valence-corrected chi connectivity index (χ0v) is 32.8. The summed E-state index contributed by atoms with van der Waals surface area (Å²) in [4.78, 5) is 22.8. The van der Waals surface area contributed by atoms with Gasteiger partial charge in [-0.15, -0.1) is 0 Å². The van der Waals surface area contributed by atoms with E-state index in [0.29, 0.717) is 30.0 Å². The third-order valence-electron chi connectivity index (χ3n) is 8.83. The Morgan fingerprint density at radius 3 is 1.76 bits per heavy atom. The van der Waals surface area contributed by atoms with Crippen molar-refractivity contribution in [3.05, 3.63) is 81.9 Å². The van der Waals surface area contributed by atoms with E-state index in [1.54, 1.807) is 24.3 Å². The Morgan fingerprint density at radius 1 is 0.796 bits per heavy atom. The molecule has 272 valence electrons. The molecule has 0 aliphatic rings. The van der Waals surface area contributed by atoms with Crippen molar-refractivity contribution in [2.75, 3.05) is 11.1 Å². The highest BCUT2D eigenvalue weighted by molar-refractivity contribution is 5.90. The molecule has 0 saturated carbocycles. The van der Waals surface area contributed by atoms with Gasteiger partial charge in [-0.05, 0) is 99.9 Å². The number of rotatable bonds is 11. The molecule has 5 N–H and O–H groups in total. The van der Waals surface area contributed by atoms with Gasteiger partial charge in [-0.25, -0.2) is 0 Å².